The number of benzene rings is 1. The first-order chi connectivity index (χ1) is 10.5. The van der Waals surface area contributed by atoms with Crippen molar-refractivity contribution >= 4 is 5.97 Å². The number of carbonyl (C=O) groups excluding carboxylic acids is 1. The number of ether oxygens (including phenoxy) is 1. The van der Waals surface area contributed by atoms with Gasteiger partial charge in [0.25, 0.3) is 0 Å². The fraction of sp³-hybridized carbons (Fsp3) is 0.412. The van der Waals surface area contributed by atoms with Crippen LogP contribution in [-0.2, 0) is 22.7 Å². The van der Waals surface area contributed by atoms with E-state index < -0.39 is 0 Å². The van der Waals surface area contributed by atoms with Gasteiger partial charge in [0.2, 0.25) is 0 Å². The molecule has 2 rings (SSSR count). The summed E-state index contributed by atoms with van der Waals surface area (Å²) < 4.78 is 6.73. The van der Waals surface area contributed by atoms with Gasteiger partial charge in [-0.3, -0.25) is 9.48 Å². The smallest absolute Gasteiger partial charge is 0.312 e. The minimum Gasteiger partial charge on any atom is -0.469 e. The molecule has 118 valence electrons. The minimum atomic E-state index is -0.324. The number of aromatic nitrogens is 2. The number of hydrogen-bond acceptors (Lipinski definition) is 4. The molecule has 5 heteroatoms. The number of aryl methyl sites for hydroxylation is 1. The van der Waals surface area contributed by atoms with Crippen molar-refractivity contribution in [2.75, 3.05) is 7.11 Å². The van der Waals surface area contributed by atoms with Crippen LogP contribution < -0.4 is 0 Å². The highest BCUT2D eigenvalue weighted by Gasteiger charge is 2.23. The number of carbonyl (C=O) groups is 1. The summed E-state index contributed by atoms with van der Waals surface area (Å²) in [5.41, 5.74) is 4.74. The Morgan fingerprint density at radius 2 is 1.86 bits per heavy atom. The van der Waals surface area contributed by atoms with Crippen molar-refractivity contribution in [3.8, 4) is 0 Å². The van der Waals surface area contributed by atoms with Gasteiger partial charge in [0, 0.05) is 11.3 Å². The molecule has 0 bridgehead atoms. The normalized spacial score (nSPS) is 12.2. The number of hydrogen-bond donors (Lipinski definition) is 1. The fourth-order valence-electron chi connectivity index (χ4n) is 2.71. The summed E-state index contributed by atoms with van der Waals surface area (Å²) in [6.45, 7) is 6.39. The Kier molecular flexibility index (Phi) is 4.98. The highest BCUT2D eigenvalue weighted by Crippen LogP contribution is 2.24. The molecular formula is C17H22N2O3. The van der Waals surface area contributed by atoms with Crippen molar-refractivity contribution in [3.05, 3.63) is 52.3 Å². The quantitative estimate of drug-likeness (QED) is 0.861. The number of aliphatic hydroxyl groups is 1. The van der Waals surface area contributed by atoms with E-state index in [4.69, 9.17) is 9.84 Å². The molecule has 1 N–H and O–H groups in total. The maximum Gasteiger partial charge on any atom is 0.312 e. The van der Waals surface area contributed by atoms with E-state index in [1.54, 1.807) is 0 Å². The molecule has 0 radical (unpaired) electrons. The van der Waals surface area contributed by atoms with Gasteiger partial charge in [-0.15, -0.1) is 0 Å². The van der Waals surface area contributed by atoms with E-state index >= 15 is 0 Å². The molecular weight excluding hydrogens is 280 g/mol. The zero-order valence-electron chi connectivity index (χ0n) is 13.5. The SMILES string of the molecule is COC(=O)C(C)c1c(C)nn(Cc2ccc(CO)cc2)c1C. The van der Waals surface area contributed by atoms with Gasteiger partial charge in [-0.25, -0.2) is 0 Å². The van der Waals surface area contributed by atoms with Crippen LogP contribution in [0.15, 0.2) is 24.3 Å². The minimum absolute atomic E-state index is 0.0426. The number of methoxy groups -OCH3 is 1. The summed E-state index contributed by atoms with van der Waals surface area (Å²) in [6, 6.07) is 7.76. The van der Waals surface area contributed by atoms with Gasteiger partial charge in [0.1, 0.15) is 0 Å². The Balaban J connectivity index is 2.27. The van der Waals surface area contributed by atoms with E-state index in [0.717, 1.165) is 28.1 Å². The van der Waals surface area contributed by atoms with Gasteiger partial charge in [0.15, 0.2) is 0 Å². The van der Waals surface area contributed by atoms with Gasteiger partial charge in [-0.1, -0.05) is 24.3 Å². The van der Waals surface area contributed by atoms with Crippen molar-refractivity contribution in [3.63, 3.8) is 0 Å². The van der Waals surface area contributed by atoms with Crippen molar-refractivity contribution < 1.29 is 14.6 Å². The molecule has 0 saturated carbocycles. The summed E-state index contributed by atoms with van der Waals surface area (Å²) in [7, 11) is 1.40. The number of rotatable bonds is 5. The van der Waals surface area contributed by atoms with E-state index in [9.17, 15) is 4.79 Å². The molecule has 0 aliphatic carbocycles. The van der Waals surface area contributed by atoms with E-state index in [2.05, 4.69) is 5.10 Å². The lowest BCUT2D eigenvalue weighted by atomic mass is 9.99. The lowest BCUT2D eigenvalue weighted by molar-refractivity contribution is -0.142. The van der Waals surface area contributed by atoms with E-state index in [0.29, 0.717) is 6.54 Å². The second-order valence-electron chi connectivity index (χ2n) is 5.46. The lowest BCUT2D eigenvalue weighted by Gasteiger charge is -2.10. The van der Waals surface area contributed by atoms with Crippen LogP contribution >= 0.6 is 0 Å². The molecule has 0 fully saturated rings. The summed E-state index contributed by atoms with van der Waals surface area (Å²) in [5.74, 6) is -0.575. The number of esters is 1. The van der Waals surface area contributed by atoms with Crippen LogP contribution in [0.3, 0.4) is 0 Å². The highest BCUT2D eigenvalue weighted by atomic mass is 16.5. The van der Waals surface area contributed by atoms with Gasteiger partial charge >= 0.3 is 5.97 Å². The zero-order valence-corrected chi connectivity index (χ0v) is 13.5. The third-order valence-electron chi connectivity index (χ3n) is 3.96. The Bertz CT molecular complexity index is 659. The monoisotopic (exact) mass is 302 g/mol. The van der Waals surface area contributed by atoms with E-state index in [1.165, 1.54) is 7.11 Å². The zero-order chi connectivity index (χ0) is 16.3. The topological polar surface area (TPSA) is 64.3 Å². The number of aliphatic hydroxyl groups excluding tert-OH is 1. The summed E-state index contributed by atoms with van der Waals surface area (Å²) in [6.07, 6.45) is 0. The number of nitrogens with zero attached hydrogens (tertiary/aromatic N) is 2. The summed E-state index contributed by atoms with van der Waals surface area (Å²) in [4.78, 5) is 11.8. The third kappa shape index (κ3) is 3.20. The second kappa shape index (κ2) is 6.75. The van der Waals surface area contributed by atoms with Crippen molar-refractivity contribution in [1.82, 2.24) is 9.78 Å². The molecule has 5 nitrogen and oxygen atoms in total. The van der Waals surface area contributed by atoms with Gasteiger partial charge in [-0.05, 0) is 31.9 Å². The second-order valence-corrected chi connectivity index (χ2v) is 5.46. The van der Waals surface area contributed by atoms with Crippen LogP contribution in [0.25, 0.3) is 0 Å². The van der Waals surface area contributed by atoms with Gasteiger partial charge in [0.05, 0.1) is 31.9 Å². The predicted molar refractivity (Wildman–Crippen MR) is 83.6 cm³/mol. The molecule has 0 amide bonds. The Hall–Kier alpha value is -2.14. The first-order valence-electron chi connectivity index (χ1n) is 7.28. The van der Waals surface area contributed by atoms with Crippen molar-refractivity contribution in [1.29, 1.82) is 0 Å². The van der Waals surface area contributed by atoms with Gasteiger partial charge in [-0.2, -0.15) is 5.10 Å². The highest BCUT2D eigenvalue weighted by molar-refractivity contribution is 5.78. The summed E-state index contributed by atoms with van der Waals surface area (Å²) in [5, 5.41) is 13.6. The molecule has 1 aromatic heterocycles. The molecule has 2 aromatic rings. The maximum absolute atomic E-state index is 11.8. The Labute approximate surface area is 130 Å². The Morgan fingerprint density at radius 1 is 1.27 bits per heavy atom. The van der Waals surface area contributed by atoms with E-state index in [1.807, 2.05) is 49.7 Å². The first-order valence-corrected chi connectivity index (χ1v) is 7.28. The molecule has 1 atom stereocenters. The van der Waals surface area contributed by atoms with Gasteiger partial charge < -0.3 is 9.84 Å². The molecule has 1 aromatic carbocycles. The third-order valence-corrected chi connectivity index (χ3v) is 3.96. The molecule has 0 aliphatic rings. The van der Waals surface area contributed by atoms with Crippen molar-refractivity contribution in [2.24, 2.45) is 0 Å². The largest absolute Gasteiger partial charge is 0.469 e. The predicted octanol–water partition coefficient (Wildman–Crippen LogP) is 2.32. The molecule has 0 spiro atoms. The average Bonchev–Trinajstić information content (AvgIpc) is 2.80. The molecule has 1 heterocycles. The van der Waals surface area contributed by atoms with Crippen LogP contribution in [0.4, 0.5) is 0 Å². The standard InChI is InChI=1S/C17H22N2O3/c1-11(17(21)22-4)16-12(2)18-19(13(16)3)9-14-5-7-15(10-20)8-6-14/h5-8,11,20H,9-10H2,1-4H3. The fourth-order valence-corrected chi connectivity index (χ4v) is 2.71. The van der Waals surface area contributed by atoms with Crippen LogP contribution in [0.1, 0.15) is 40.9 Å². The van der Waals surface area contributed by atoms with Crippen LogP contribution in [0, 0.1) is 13.8 Å². The van der Waals surface area contributed by atoms with Crippen molar-refractivity contribution in [2.45, 2.75) is 39.8 Å². The first kappa shape index (κ1) is 16.2. The molecule has 1 unspecified atom stereocenters. The summed E-state index contributed by atoms with van der Waals surface area (Å²) >= 11 is 0. The molecule has 0 saturated heterocycles. The van der Waals surface area contributed by atoms with E-state index in [-0.39, 0.29) is 18.5 Å². The maximum atomic E-state index is 11.8. The van der Waals surface area contributed by atoms with Crippen LogP contribution in [0.2, 0.25) is 0 Å². The van der Waals surface area contributed by atoms with Crippen LogP contribution in [-0.4, -0.2) is 28.0 Å². The Morgan fingerprint density at radius 3 is 2.41 bits per heavy atom. The average molecular weight is 302 g/mol. The lowest BCUT2D eigenvalue weighted by Crippen LogP contribution is -2.13. The molecule has 0 aliphatic heterocycles. The van der Waals surface area contributed by atoms with Crippen LogP contribution in [0.5, 0.6) is 0 Å². The molecule has 22 heavy (non-hydrogen) atoms.